The van der Waals surface area contributed by atoms with Crippen LogP contribution < -0.4 is 5.32 Å². The molecule has 2 aliphatic rings. The molecular formula is C25H38N4O2. The van der Waals surface area contributed by atoms with E-state index in [2.05, 4.69) is 54.6 Å². The minimum Gasteiger partial charge on any atom is -0.381 e. The molecule has 6 nitrogen and oxygen atoms in total. The molecule has 1 N–H and O–H groups in total. The third-order valence-corrected chi connectivity index (χ3v) is 6.85. The summed E-state index contributed by atoms with van der Waals surface area (Å²) in [7, 11) is 0. The molecule has 0 spiro atoms. The minimum atomic E-state index is -0.279. The summed E-state index contributed by atoms with van der Waals surface area (Å²) in [5.41, 5.74) is 3.32. The number of nitriles is 1. The van der Waals surface area contributed by atoms with Crippen molar-refractivity contribution in [3.8, 4) is 6.07 Å². The molecule has 0 aliphatic carbocycles. The van der Waals surface area contributed by atoms with Crippen LogP contribution >= 0.6 is 0 Å². The Bertz CT molecular complexity index is 834. The van der Waals surface area contributed by atoms with Crippen LogP contribution in [0.4, 0.5) is 0 Å². The molecule has 2 saturated heterocycles. The van der Waals surface area contributed by atoms with Gasteiger partial charge in [0.05, 0.1) is 0 Å². The van der Waals surface area contributed by atoms with Crippen molar-refractivity contribution in [2.75, 3.05) is 32.8 Å². The first-order valence-electron chi connectivity index (χ1n) is 11.8. The topological polar surface area (TPSA) is 70.3 Å². The Kier molecular flexibility index (Phi) is 7.96. The Morgan fingerprint density at radius 1 is 1.26 bits per heavy atom. The summed E-state index contributed by atoms with van der Waals surface area (Å²) in [6.45, 7) is 13.6. The van der Waals surface area contributed by atoms with Crippen LogP contribution in [-0.2, 0) is 16.1 Å². The molecule has 3 rings (SSSR count). The molecule has 0 saturated carbocycles. The van der Waals surface area contributed by atoms with Gasteiger partial charge in [-0.1, -0.05) is 20.3 Å². The summed E-state index contributed by atoms with van der Waals surface area (Å²) in [5, 5.41) is 12.8. The van der Waals surface area contributed by atoms with Gasteiger partial charge in [0.2, 0.25) is 0 Å². The normalized spacial score (nSPS) is 19.9. The van der Waals surface area contributed by atoms with E-state index in [0.717, 1.165) is 62.6 Å². The predicted molar refractivity (Wildman–Crippen MR) is 124 cm³/mol. The number of likely N-dealkylation sites (tertiary alicyclic amines) is 1. The summed E-state index contributed by atoms with van der Waals surface area (Å²) in [6.07, 6.45) is 7.31. The smallest absolute Gasteiger partial charge is 0.262 e. The van der Waals surface area contributed by atoms with E-state index in [0.29, 0.717) is 12.5 Å². The number of hydrogen-bond acceptors (Lipinski definition) is 4. The second-order valence-corrected chi connectivity index (χ2v) is 9.57. The quantitative estimate of drug-likeness (QED) is 0.532. The van der Waals surface area contributed by atoms with E-state index >= 15 is 0 Å². The van der Waals surface area contributed by atoms with Crippen molar-refractivity contribution in [3.05, 3.63) is 28.6 Å². The zero-order chi connectivity index (χ0) is 22.4. The Morgan fingerprint density at radius 2 is 1.94 bits per heavy atom. The first-order valence-corrected chi connectivity index (χ1v) is 11.8. The lowest BCUT2D eigenvalue weighted by atomic mass is 9.86. The van der Waals surface area contributed by atoms with Gasteiger partial charge in [-0.2, -0.15) is 5.26 Å². The number of carbonyl (C=O) groups excluding carboxylic acids is 1. The third-order valence-electron chi connectivity index (χ3n) is 6.85. The summed E-state index contributed by atoms with van der Waals surface area (Å²) < 4.78 is 7.88. The maximum absolute atomic E-state index is 13.0. The molecule has 0 bridgehead atoms. The number of rotatable bonds is 7. The Labute approximate surface area is 187 Å². The van der Waals surface area contributed by atoms with Crippen molar-refractivity contribution >= 4 is 12.0 Å². The van der Waals surface area contributed by atoms with Gasteiger partial charge in [-0.05, 0) is 76.2 Å². The van der Waals surface area contributed by atoms with Gasteiger partial charge in [-0.15, -0.1) is 0 Å². The summed E-state index contributed by atoms with van der Waals surface area (Å²) in [5.74, 6) is 0.254. The number of nitrogens with zero attached hydrogens (tertiary/aromatic N) is 3. The van der Waals surface area contributed by atoms with Gasteiger partial charge in [0.25, 0.3) is 5.91 Å². The highest BCUT2D eigenvalue weighted by Gasteiger charge is 2.39. The Balaban J connectivity index is 1.74. The van der Waals surface area contributed by atoms with Crippen LogP contribution in [-0.4, -0.2) is 53.8 Å². The predicted octanol–water partition coefficient (Wildman–Crippen LogP) is 3.82. The molecule has 1 aromatic rings. The van der Waals surface area contributed by atoms with Crippen molar-refractivity contribution in [2.45, 2.75) is 71.9 Å². The number of carbonyl (C=O) groups is 1. The van der Waals surface area contributed by atoms with Gasteiger partial charge in [0.15, 0.2) is 0 Å². The van der Waals surface area contributed by atoms with Gasteiger partial charge in [-0.25, -0.2) is 0 Å². The number of piperidine rings is 1. The monoisotopic (exact) mass is 426 g/mol. The van der Waals surface area contributed by atoms with Crippen LogP contribution in [0.15, 0.2) is 11.6 Å². The van der Waals surface area contributed by atoms with Crippen LogP contribution in [0.2, 0.25) is 0 Å². The maximum Gasteiger partial charge on any atom is 0.262 e. The molecule has 0 atom stereocenters. The molecule has 3 heterocycles. The molecule has 1 amide bonds. The van der Waals surface area contributed by atoms with Crippen molar-refractivity contribution in [2.24, 2.45) is 5.92 Å². The highest BCUT2D eigenvalue weighted by molar-refractivity contribution is 6.01. The van der Waals surface area contributed by atoms with E-state index in [-0.39, 0.29) is 17.0 Å². The highest BCUT2D eigenvalue weighted by Crippen LogP contribution is 2.30. The van der Waals surface area contributed by atoms with Crippen molar-refractivity contribution < 1.29 is 9.53 Å². The minimum absolute atomic E-state index is 0.0536. The number of ether oxygens (including phenoxy) is 1. The van der Waals surface area contributed by atoms with Crippen LogP contribution in [0.3, 0.4) is 0 Å². The lowest BCUT2D eigenvalue weighted by Gasteiger charge is -2.48. The second kappa shape index (κ2) is 10.5. The fourth-order valence-electron chi connectivity index (χ4n) is 4.99. The molecule has 0 radical (unpaired) electrons. The Morgan fingerprint density at radius 3 is 2.55 bits per heavy atom. The van der Waals surface area contributed by atoms with Gasteiger partial charge >= 0.3 is 0 Å². The zero-order valence-corrected chi connectivity index (χ0v) is 19.7. The third kappa shape index (κ3) is 5.58. The van der Waals surface area contributed by atoms with Gasteiger partial charge in [0.1, 0.15) is 11.6 Å². The molecule has 1 aromatic heterocycles. The number of aryl methyl sites for hydroxylation is 1. The van der Waals surface area contributed by atoms with E-state index < -0.39 is 0 Å². The summed E-state index contributed by atoms with van der Waals surface area (Å²) in [6, 6.07) is 4.19. The second-order valence-electron chi connectivity index (χ2n) is 9.57. The van der Waals surface area contributed by atoms with Crippen LogP contribution in [0.1, 0.15) is 62.9 Å². The first kappa shape index (κ1) is 23.6. The Hall–Kier alpha value is -2.10. The first-order chi connectivity index (χ1) is 14.9. The highest BCUT2D eigenvalue weighted by atomic mass is 16.5. The number of amides is 1. The van der Waals surface area contributed by atoms with Gasteiger partial charge in [0, 0.05) is 43.2 Å². The fourth-order valence-corrected chi connectivity index (χ4v) is 4.99. The maximum atomic E-state index is 13.0. The van der Waals surface area contributed by atoms with Crippen molar-refractivity contribution in [1.29, 1.82) is 5.26 Å². The molecule has 170 valence electrons. The van der Waals surface area contributed by atoms with Crippen LogP contribution in [0, 0.1) is 31.1 Å². The van der Waals surface area contributed by atoms with Crippen molar-refractivity contribution in [1.82, 2.24) is 14.8 Å². The summed E-state index contributed by atoms with van der Waals surface area (Å²) >= 11 is 0. The molecular weight excluding hydrogens is 388 g/mol. The lowest BCUT2D eigenvalue weighted by molar-refractivity contribution is -0.118. The average molecular weight is 427 g/mol. The molecule has 2 fully saturated rings. The standard InChI is InChI=1S/C25H38N4O2/c1-19(2)17-29-20(3)14-22(21(29)4)15-23(16-26)24(30)27-18-25(8-12-31-13-9-25)28-10-6-5-7-11-28/h14-15,19H,5-13,17-18H2,1-4H3,(H,27,30)/b23-15-. The number of aromatic nitrogens is 1. The molecule has 31 heavy (non-hydrogen) atoms. The summed E-state index contributed by atoms with van der Waals surface area (Å²) in [4.78, 5) is 15.5. The molecule has 2 aliphatic heterocycles. The van der Waals surface area contributed by atoms with E-state index in [1.807, 2.05) is 0 Å². The van der Waals surface area contributed by atoms with E-state index in [1.54, 1.807) is 6.08 Å². The largest absolute Gasteiger partial charge is 0.381 e. The zero-order valence-electron chi connectivity index (χ0n) is 19.7. The number of nitrogens with one attached hydrogen (secondary N) is 1. The van der Waals surface area contributed by atoms with Gasteiger partial charge < -0.3 is 14.6 Å². The fraction of sp³-hybridized carbons (Fsp3) is 0.680. The van der Waals surface area contributed by atoms with E-state index in [4.69, 9.17) is 4.74 Å². The van der Waals surface area contributed by atoms with E-state index in [9.17, 15) is 10.1 Å². The van der Waals surface area contributed by atoms with Crippen molar-refractivity contribution in [3.63, 3.8) is 0 Å². The number of hydrogen-bond donors (Lipinski definition) is 1. The molecule has 0 unspecified atom stereocenters. The van der Waals surface area contributed by atoms with Crippen LogP contribution in [0.5, 0.6) is 0 Å². The van der Waals surface area contributed by atoms with Gasteiger partial charge in [-0.3, -0.25) is 9.69 Å². The lowest BCUT2D eigenvalue weighted by Crippen LogP contribution is -2.59. The average Bonchev–Trinajstić information content (AvgIpc) is 3.04. The van der Waals surface area contributed by atoms with Crippen LogP contribution in [0.25, 0.3) is 6.08 Å². The molecule has 6 heteroatoms. The molecule has 0 aromatic carbocycles. The van der Waals surface area contributed by atoms with E-state index in [1.165, 1.54) is 19.3 Å². The SMILES string of the molecule is Cc1cc(/C=C(/C#N)C(=O)NCC2(N3CCCCC3)CCOCC2)c(C)n1CC(C)C.